The van der Waals surface area contributed by atoms with Crippen LogP contribution in [-0.4, -0.2) is 22.5 Å². The first-order valence-corrected chi connectivity index (χ1v) is 10.2. The molecular weight excluding hydrogens is 401 g/mol. The van der Waals surface area contributed by atoms with E-state index < -0.39 is 6.04 Å². The average Bonchev–Trinajstić information content (AvgIpc) is 3.14. The van der Waals surface area contributed by atoms with Crippen LogP contribution in [0.15, 0.2) is 72.8 Å². The number of fused-ring (bicyclic) bond motifs is 3. The highest BCUT2D eigenvalue weighted by atomic mass is 35.5. The minimum atomic E-state index is -0.565. The number of urea groups is 1. The Labute approximate surface area is 178 Å². The first kappa shape index (κ1) is 18.7. The van der Waals surface area contributed by atoms with E-state index in [0.717, 1.165) is 22.2 Å². The number of nitrogens with zero attached hydrogens (tertiary/aromatic N) is 1. The first-order valence-electron chi connectivity index (χ1n) is 9.79. The van der Waals surface area contributed by atoms with Crippen LogP contribution < -0.4 is 5.32 Å². The Balaban J connectivity index is 1.61. The Morgan fingerprint density at radius 3 is 2.60 bits per heavy atom. The standard InChI is InChI=1S/C24H19ClFN3O/c25-18-9-3-6-12-21(18)28-24(30)29-14-13-16-15-7-2-5-11-20(15)27-22(16)23(29)17-8-1-4-10-19(17)26/h1-12,23,27H,13-14H2,(H,28,30). The number of hydrogen-bond donors (Lipinski definition) is 2. The van der Waals surface area contributed by atoms with E-state index >= 15 is 0 Å². The van der Waals surface area contributed by atoms with Gasteiger partial charge in [0.05, 0.1) is 10.7 Å². The van der Waals surface area contributed by atoms with Gasteiger partial charge in [0.15, 0.2) is 0 Å². The predicted molar refractivity (Wildman–Crippen MR) is 117 cm³/mol. The lowest BCUT2D eigenvalue weighted by atomic mass is 9.92. The van der Waals surface area contributed by atoms with Gasteiger partial charge in [-0.05, 0) is 36.2 Å². The Morgan fingerprint density at radius 2 is 1.77 bits per heavy atom. The van der Waals surface area contributed by atoms with Crippen LogP contribution in [0.3, 0.4) is 0 Å². The zero-order chi connectivity index (χ0) is 20.7. The number of amides is 2. The number of rotatable bonds is 2. The number of carbonyl (C=O) groups excluding carboxylic acids is 1. The molecule has 1 unspecified atom stereocenters. The van der Waals surface area contributed by atoms with Crippen LogP contribution >= 0.6 is 11.6 Å². The van der Waals surface area contributed by atoms with E-state index in [1.807, 2.05) is 24.3 Å². The first-order chi connectivity index (χ1) is 14.6. The van der Waals surface area contributed by atoms with Gasteiger partial charge in [-0.3, -0.25) is 0 Å². The second kappa shape index (κ2) is 7.50. The summed E-state index contributed by atoms with van der Waals surface area (Å²) in [5.41, 5.74) is 3.94. The maximum atomic E-state index is 14.9. The molecule has 0 saturated carbocycles. The number of H-pyrrole nitrogens is 1. The monoisotopic (exact) mass is 419 g/mol. The van der Waals surface area contributed by atoms with Gasteiger partial charge in [-0.15, -0.1) is 0 Å². The maximum Gasteiger partial charge on any atom is 0.322 e. The van der Waals surface area contributed by atoms with E-state index in [4.69, 9.17) is 11.6 Å². The van der Waals surface area contributed by atoms with E-state index in [1.165, 1.54) is 6.07 Å². The van der Waals surface area contributed by atoms with Crippen LogP contribution in [0.5, 0.6) is 0 Å². The molecule has 5 rings (SSSR count). The molecule has 0 aliphatic carbocycles. The molecule has 1 aliphatic rings. The van der Waals surface area contributed by atoms with E-state index in [-0.39, 0.29) is 11.8 Å². The quantitative estimate of drug-likeness (QED) is 0.402. The van der Waals surface area contributed by atoms with Crippen molar-refractivity contribution in [2.24, 2.45) is 0 Å². The number of aromatic nitrogens is 1. The smallest absolute Gasteiger partial charge is 0.322 e. The molecule has 3 aromatic carbocycles. The lowest BCUT2D eigenvalue weighted by Gasteiger charge is -2.36. The largest absolute Gasteiger partial charge is 0.356 e. The Bertz CT molecular complexity index is 1250. The van der Waals surface area contributed by atoms with Gasteiger partial charge >= 0.3 is 6.03 Å². The van der Waals surface area contributed by atoms with Crippen molar-refractivity contribution in [3.8, 4) is 0 Å². The third-order valence-electron chi connectivity index (χ3n) is 5.61. The normalized spacial score (nSPS) is 15.8. The van der Waals surface area contributed by atoms with Crippen LogP contribution in [-0.2, 0) is 6.42 Å². The molecule has 4 nitrogen and oxygen atoms in total. The molecule has 0 saturated heterocycles. The van der Waals surface area contributed by atoms with E-state index in [1.54, 1.807) is 41.3 Å². The van der Waals surface area contributed by atoms with Gasteiger partial charge < -0.3 is 15.2 Å². The van der Waals surface area contributed by atoms with Crippen LogP contribution in [0.25, 0.3) is 10.9 Å². The zero-order valence-corrected chi connectivity index (χ0v) is 16.8. The van der Waals surface area contributed by atoms with Crippen molar-refractivity contribution in [1.29, 1.82) is 0 Å². The van der Waals surface area contributed by atoms with Crippen molar-refractivity contribution < 1.29 is 9.18 Å². The van der Waals surface area contributed by atoms with E-state index in [2.05, 4.69) is 16.4 Å². The second-order valence-corrected chi connectivity index (χ2v) is 7.75. The minimum Gasteiger partial charge on any atom is -0.356 e. The van der Waals surface area contributed by atoms with Crippen LogP contribution in [0.2, 0.25) is 5.02 Å². The maximum absolute atomic E-state index is 14.9. The Kier molecular flexibility index (Phi) is 4.68. The molecular formula is C24H19ClFN3O. The number of aromatic amines is 1. The number of anilines is 1. The topological polar surface area (TPSA) is 48.1 Å². The molecule has 2 N–H and O–H groups in total. The van der Waals surface area contributed by atoms with Crippen LogP contribution in [0.1, 0.15) is 22.9 Å². The molecule has 1 atom stereocenters. The highest BCUT2D eigenvalue weighted by Gasteiger charge is 2.36. The van der Waals surface area contributed by atoms with Gasteiger partial charge in [0.25, 0.3) is 0 Å². The lowest BCUT2D eigenvalue weighted by Crippen LogP contribution is -2.43. The van der Waals surface area contributed by atoms with Crippen molar-refractivity contribution >= 4 is 34.2 Å². The van der Waals surface area contributed by atoms with Gasteiger partial charge in [-0.25, -0.2) is 9.18 Å². The number of hydrogen-bond acceptors (Lipinski definition) is 1. The van der Waals surface area contributed by atoms with E-state index in [0.29, 0.717) is 29.2 Å². The van der Waals surface area contributed by atoms with Gasteiger partial charge in [0.2, 0.25) is 0 Å². The molecule has 1 aliphatic heterocycles. The van der Waals surface area contributed by atoms with Crippen molar-refractivity contribution in [1.82, 2.24) is 9.88 Å². The predicted octanol–water partition coefficient (Wildman–Crippen LogP) is 6.14. The Morgan fingerprint density at radius 1 is 1.03 bits per heavy atom. The summed E-state index contributed by atoms with van der Waals surface area (Å²) in [6.45, 7) is 0.462. The third-order valence-corrected chi connectivity index (χ3v) is 5.94. The SMILES string of the molecule is O=C(Nc1ccccc1Cl)N1CCc2c([nH]c3ccccc23)C1c1ccccc1F. The Hall–Kier alpha value is -3.31. The lowest BCUT2D eigenvalue weighted by molar-refractivity contribution is 0.192. The number of halogens is 2. The third kappa shape index (κ3) is 3.12. The van der Waals surface area contributed by atoms with Crippen LogP contribution in [0.4, 0.5) is 14.9 Å². The fourth-order valence-electron chi connectivity index (χ4n) is 4.23. The molecule has 2 heterocycles. The highest BCUT2D eigenvalue weighted by Crippen LogP contribution is 2.39. The number of nitrogens with one attached hydrogen (secondary N) is 2. The minimum absolute atomic E-state index is 0.319. The molecule has 0 fully saturated rings. The van der Waals surface area contributed by atoms with Gasteiger partial charge in [-0.2, -0.15) is 0 Å². The molecule has 0 spiro atoms. The fraction of sp³-hybridized carbons (Fsp3) is 0.125. The van der Waals surface area contributed by atoms with Crippen molar-refractivity contribution in [2.45, 2.75) is 12.5 Å². The second-order valence-electron chi connectivity index (χ2n) is 7.34. The molecule has 1 aromatic heterocycles. The zero-order valence-electron chi connectivity index (χ0n) is 16.0. The van der Waals surface area contributed by atoms with Crippen molar-refractivity contribution in [3.63, 3.8) is 0 Å². The highest BCUT2D eigenvalue weighted by molar-refractivity contribution is 6.33. The summed E-state index contributed by atoms with van der Waals surface area (Å²) in [6.07, 6.45) is 0.681. The van der Waals surface area contributed by atoms with Gasteiger partial charge in [0, 0.05) is 28.7 Å². The average molecular weight is 420 g/mol. The van der Waals surface area contributed by atoms with Crippen molar-refractivity contribution in [2.75, 3.05) is 11.9 Å². The molecule has 0 bridgehead atoms. The number of benzene rings is 3. The fourth-order valence-corrected chi connectivity index (χ4v) is 4.41. The van der Waals surface area contributed by atoms with E-state index in [9.17, 15) is 9.18 Å². The number of carbonyl (C=O) groups is 1. The summed E-state index contributed by atoms with van der Waals surface area (Å²) in [5, 5.41) is 4.45. The summed E-state index contributed by atoms with van der Waals surface area (Å²) < 4.78 is 14.9. The molecule has 150 valence electrons. The number of para-hydroxylation sites is 2. The summed E-state index contributed by atoms with van der Waals surface area (Å²) >= 11 is 6.22. The van der Waals surface area contributed by atoms with Gasteiger partial charge in [0.1, 0.15) is 11.9 Å². The molecule has 4 aromatic rings. The summed E-state index contributed by atoms with van der Waals surface area (Å²) in [6, 6.07) is 20.8. The molecule has 30 heavy (non-hydrogen) atoms. The summed E-state index contributed by atoms with van der Waals surface area (Å²) in [7, 11) is 0. The summed E-state index contributed by atoms with van der Waals surface area (Å²) in [4.78, 5) is 18.4. The van der Waals surface area contributed by atoms with Crippen molar-refractivity contribution in [3.05, 3.63) is 100 Å². The molecule has 6 heteroatoms. The van der Waals surface area contributed by atoms with Gasteiger partial charge in [-0.1, -0.05) is 60.1 Å². The molecule has 0 radical (unpaired) electrons. The van der Waals surface area contributed by atoms with Crippen LogP contribution in [0, 0.1) is 5.82 Å². The molecule has 2 amide bonds. The summed E-state index contributed by atoms with van der Waals surface area (Å²) in [5.74, 6) is -0.343.